The highest BCUT2D eigenvalue weighted by Crippen LogP contribution is 2.40. The molecule has 0 aromatic carbocycles. The Morgan fingerprint density at radius 1 is 1.43 bits per heavy atom. The number of rotatable bonds is 2. The maximum absolute atomic E-state index is 12.8. The fourth-order valence-corrected chi connectivity index (χ4v) is 4.62. The lowest BCUT2D eigenvalue weighted by atomic mass is 9.99. The van der Waals surface area contributed by atoms with E-state index in [0.717, 1.165) is 22.9 Å². The summed E-state index contributed by atoms with van der Waals surface area (Å²) in [7, 11) is 0. The van der Waals surface area contributed by atoms with Crippen LogP contribution in [0.5, 0.6) is 0 Å². The quantitative estimate of drug-likeness (QED) is 0.631. The molecule has 1 aromatic rings. The fourth-order valence-electron chi connectivity index (χ4n) is 4.06. The van der Waals surface area contributed by atoms with E-state index in [4.69, 9.17) is 9.47 Å². The van der Waals surface area contributed by atoms with Crippen molar-refractivity contribution in [2.24, 2.45) is 0 Å². The van der Waals surface area contributed by atoms with Crippen LogP contribution in [0.25, 0.3) is 0 Å². The summed E-state index contributed by atoms with van der Waals surface area (Å²) in [6, 6.07) is -0.0671. The highest BCUT2D eigenvalue weighted by molar-refractivity contribution is 9.10. The minimum Gasteiger partial charge on any atom is -0.444 e. The van der Waals surface area contributed by atoms with Crippen LogP contribution in [0.2, 0.25) is 0 Å². The van der Waals surface area contributed by atoms with Gasteiger partial charge in [0.15, 0.2) is 6.29 Å². The van der Waals surface area contributed by atoms with Gasteiger partial charge in [-0.3, -0.25) is 14.7 Å². The van der Waals surface area contributed by atoms with Gasteiger partial charge in [0.05, 0.1) is 27.9 Å². The smallest absolute Gasteiger partial charge is 0.412 e. The second-order valence-electron chi connectivity index (χ2n) is 8.83. The maximum Gasteiger partial charge on any atom is 0.412 e. The summed E-state index contributed by atoms with van der Waals surface area (Å²) in [6.45, 7) is 12.5. The van der Waals surface area contributed by atoms with Crippen molar-refractivity contribution >= 4 is 34.0 Å². The number of halogens is 1. The van der Waals surface area contributed by atoms with Crippen molar-refractivity contribution in [1.82, 2.24) is 9.88 Å². The minimum absolute atomic E-state index is 0.0671. The van der Waals surface area contributed by atoms with Gasteiger partial charge in [-0.05, 0) is 63.9 Å². The molecule has 1 amide bonds. The molecule has 154 valence electrons. The third-order valence-corrected chi connectivity index (χ3v) is 5.72. The highest BCUT2D eigenvalue weighted by Gasteiger charge is 2.53. The lowest BCUT2D eigenvalue weighted by Gasteiger charge is -2.39. The van der Waals surface area contributed by atoms with E-state index in [1.807, 2.05) is 41.5 Å². The second-order valence-corrected chi connectivity index (χ2v) is 9.68. The molecule has 2 saturated heterocycles. The van der Waals surface area contributed by atoms with Crippen molar-refractivity contribution < 1.29 is 19.1 Å². The predicted octanol–water partition coefficient (Wildman–Crippen LogP) is 3.92. The second kappa shape index (κ2) is 7.30. The molecular weight excluding hydrogens is 426 g/mol. The van der Waals surface area contributed by atoms with Crippen molar-refractivity contribution in [2.75, 3.05) is 18.0 Å². The van der Waals surface area contributed by atoms with Gasteiger partial charge in [0.1, 0.15) is 11.3 Å². The zero-order valence-corrected chi connectivity index (χ0v) is 18.9. The number of pyridine rings is 1. The molecule has 2 atom stereocenters. The molecular formula is C20H28BrN3O4. The summed E-state index contributed by atoms with van der Waals surface area (Å²) in [5.41, 5.74) is 0.780. The Morgan fingerprint density at radius 3 is 2.71 bits per heavy atom. The number of ether oxygens (including phenoxy) is 2. The summed E-state index contributed by atoms with van der Waals surface area (Å²) in [6.07, 6.45) is 2.76. The monoisotopic (exact) mass is 453 g/mol. The first-order valence-electron chi connectivity index (χ1n) is 9.50. The van der Waals surface area contributed by atoms with Crippen molar-refractivity contribution in [2.45, 2.75) is 71.4 Å². The molecule has 0 radical (unpaired) electrons. The van der Waals surface area contributed by atoms with Crippen LogP contribution < -0.4 is 4.90 Å². The Balaban J connectivity index is 1.86. The van der Waals surface area contributed by atoms with Gasteiger partial charge in [-0.15, -0.1) is 0 Å². The number of anilines is 1. The van der Waals surface area contributed by atoms with Crippen LogP contribution in [-0.4, -0.2) is 58.8 Å². The standard InChI is InChI=1S/C20H28BrN3O4/c1-12-13(11-25)17(14(21)9-22-12)23-8-7-15-16(10-23)27-20(5,6)24(15)18(26)28-19(2,3)4/h9,11,15-16H,7-8,10H2,1-6H3/t15-,16+/m1/s1. The average Bonchev–Trinajstić information content (AvgIpc) is 2.83. The molecule has 3 rings (SSSR count). The molecule has 0 aliphatic carbocycles. The third-order valence-electron chi connectivity index (χ3n) is 5.14. The first-order chi connectivity index (χ1) is 12.9. The molecule has 1 aromatic heterocycles. The minimum atomic E-state index is -0.757. The molecule has 3 heterocycles. The molecule has 0 unspecified atom stereocenters. The third kappa shape index (κ3) is 3.89. The summed E-state index contributed by atoms with van der Waals surface area (Å²) < 4.78 is 12.7. The Hall–Kier alpha value is -1.67. The van der Waals surface area contributed by atoms with E-state index < -0.39 is 11.3 Å². The Morgan fingerprint density at radius 2 is 2.11 bits per heavy atom. The molecule has 2 aliphatic rings. The van der Waals surface area contributed by atoms with Crippen LogP contribution in [0.4, 0.5) is 10.5 Å². The van der Waals surface area contributed by atoms with Crippen LogP contribution in [0.15, 0.2) is 10.7 Å². The van der Waals surface area contributed by atoms with E-state index in [1.165, 1.54) is 0 Å². The molecule has 0 spiro atoms. The van der Waals surface area contributed by atoms with Gasteiger partial charge in [0.2, 0.25) is 0 Å². The van der Waals surface area contributed by atoms with Crippen LogP contribution in [-0.2, 0) is 9.47 Å². The normalized spacial score (nSPS) is 24.1. The fraction of sp³-hybridized carbons (Fsp3) is 0.650. The molecule has 2 aliphatic heterocycles. The topological polar surface area (TPSA) is 72.0 Å². The van der Waals surface area contributed by atoms with Gasteiger partial charge in [-0.1, -0.05) is 0 Å². The van der Waals surface area contributed by atoms with Gasteiger partial charge < -0.3 is 14.4 Å². The van der Waals surface area contributed by atoms with Gasteiger partial charge in [-0.25, -0.2) is 4.79 Å². The molecule has 8 heteroatoms. The van der Waals surface area contributed by atoms with E-state index in [-0.39, 0.29) is 18.2 Å². The molecule has 0 saturated carbocycles. The lowest BCUT2D eigenvalue weighted by molar-refractivity contribution is -0.0766. The lowest BCUT2D eigenvalue weighted by Crippen LogP contribution is -2.54. The van der Waals surface area contributed by atoms with Gasteiger partial charge in [0.25, 0.3) is 0 Å². The molecule has 0 bridgehead atoms. The molecule has 0 N–H and O–H groups in total. The van der Waals surface area contributed by atoms with Crippen molar-refractivity contribution in [3.63, 3.8) is 0 Å². The first-order valence-corrected chi connectivity index (χ1v) is 10.3. The molecule has 28 heavy (non-hydrogen) atoms. The molecule has 2 fully saturated rings. The summed E-state index contributed by atoms with van der Waals surface area (Å²) in [4.78, 5) is 32.6. The molecule has 7 nitrogen and oxygen atoms in total. The average molecular weight is 454 g/mol. The van der Waals surface area contributed by atoms with Crippen molar-refractivity contribution in [1.29, 1.82) is 0 Å². The van der Waals surface area contributed by atoms with Gasteiger partial charge in [-0.2, -0.15) is 0 Å². The van der Waals surface area contributed by atoms with Gasteiger partial charge >= 0.3 is 6.09 Å². The zero-order chi connectivity index (χ0) is 20.9. The Kier molecular flexibility index (Phi) is 5.49. The van der Waals surface area contributed by atoms with E-state index in [9.17, 15) is 9.59 Å². The van der Waals surface area contributed by atoms with Crippen LogP contribution in [0, 0.1) is 6.92 Å². The number of nitrogens with zero attached hydrogens (tertiary/aromatic N) is 3. The first kappa shape index (κ1) is 21.0. The van der Waals surface area contributed by atoms with Crippen LogP contribution >= 0.6 is 15.9 Å². The Labute approximate surface area is 174 Å². The van der Waals surface area contributed by atoms with Crippen LogP contribution in [0.1, 0.15) is 57.1 Å². The Bertz CT molecular complexity index is 790. The summed E-state index contributed by atoms with van der Waals surface area (Å²) >= 11 is 3.53. The van der Waals surface area contributed by atoms with E-state index >= 15 is 0 Å². The number of piperidine rings is 1. The number of carbonyl (C=O) groups excluding carboxylic acids is 2. The largest absolute Gasteiger partial charge is 0.444 e. The highest BCUT2D eigenvalue weighted by atomic mass is 79.9. The number of amides is 1. The predicted molar refractivity (Wildman–Crippen MR) is 110 cm³/mol. The van der Waals surface area contributed by atoms with E-state index in [0.29, 0.717) is 24.3 Å². The number of hydrogen-bond donors (Lipinski definition) is 0. The zero-order valence-electron chi connectivity index (χ0n) is 17.3. The van der Waals surface area contributed by atoms with Crippen molar-refractivity contribution in [3.05, 3.63) is 21.9 Å². The SMILES string of the molecule is Cc1ncc(Br)c(N2CC[C@@H]3[C@H](C2)OC(C)(C)N3C(=O)OC(C)(C)C)c1C=O. The van der Waals surface area contributed by atoms with Crippen LogP contribution in [0.3, 0.4) is 0 Å². The maximum atomic E-state index is 12.8. The number of hydrogen-bond acceptors (Lipinski definition) is 6. The van der Waals surface area contributed by atoms with Gasteiger partial charge in [0, 0.05) is 25.0 Å². The number of aromatic nitrogens is 1. The van der Waals surface area contributed by atoms with E-state index in [1.54, 1.807) is 11.1 Å². The van der Waals surface area contributed by atoms with Crippen molar-refractivity contribution in [3.8, 4) is 0 Å². The number of carbonyl (C=O) groups is 2. The number of aldehydes is 1. The number of aryl methyl sites for hydroxylation is 1. The summed E-state index contributed by atoms with van der Waals surface area (Å²) in [5.74, 6) is 0. The van der Waals surface area contributed by atoms with E-state index in [2.05, 4.69) is 25.8 Å². The summed E-state index contributed by atoms with van der Waals surface area (Å²) in [5, 5.41) is 0. The number of fused-ring (bicyclic) bond motifs is 1.